The van der Waals surface area contributed by atoms with Gasteiger partial charge in [0, 0.05) is 30.1 Å². The lowest BCUT2D eigenvalue weighted by molar-refractivity contribution is 0.355. The summed E-state index contributed by atoms with van der Waals surface area (Å²) in [6, 6.07) is 7.46. The highest BCUT2D eigenvalue weighted by molar-refractivity contribution is 5.62. The molecule has 0 fully saturated rings. The van der Waals surface area contributed by atoms with Crippen LogP contribution in [-0.4, -0.2) is 30.7 Å². The van der Waals surface area contributed by atoms with Gasteiger partial charge in [-0.05, 0) is 19.1 Å². The second-order valence-electron chi connectivity index (χ2n) is 4.58. The lowest BCUT2D eigenvalue weighted by Crippen LogP contribution is -2.06. The number of ether oxygens (including phenoxy) is 2. The first kappa shape index (κ1) is 15.6. The van der Waals surface area contributed by atoms with Crippen LogP contribution in [-0.2, 0) is 0 Å². The van der Waals surface area contributed by atoms with Crippen molar-refractivity contribution in [2.45, 2.75) is 6.92 Å². The number of aromatic nitrogens is 2. The van der Waals surface area contributed by atoms with E-state index in [1.165, 1.54) is 0 Å². The minimum atomic E-state index is 0.558. The average molecular weight is 300 g/mol. The first-order valence-corrected chi connectivity index (χ1v) is 6.85. The molecule has 1 aromatic carbocycles. The van der Waals surface area contributed by atoms with Crippen molar-refractivity contribution >= 4 is 17.5 Å². The molecule has 0 radical (unpaired) electrons. The van der Waals surface area contributed by atoms with Crippen molar-refractivity contribution in [1.82, 2.24) is 9.97 Å². The molecule has 0 unspecified atom stereocenters. The first-order valence-electron chi connectivity index (χ1n) is 6.85. The maximum absolute atomic E-state index is 5.29. The van der Waals surface area contributed by atoms with Gasteiger partial charge in [0.05, 0.1) is 14.2 Å². The zero-order valence-electron chi connectivity index (χ0n) is 13.0. The summed E-state index contributed by atoms with van der Waals surface area (Å²) in [7, 11) is 3.21. The van der Waals surface area contributed by atoms with Gasteiger partial charge in [0.25, 0.3) is 0 Å². The maximum atomic E-state index is 5.29. The molecule has 116 valence electrons. The first-order chi connectivity index (χ1) is 10.7. The van der Waals surface area contributed by atoms with Crippen LogP contribution in [0, 0.1) is 6.92 Å². The number of anilines is 3. The van der Waals surface area contributed by atoms with Crippen molar-refractivity contribution in [2.75, 3.05) is 31.4 Å². The maximum Gasteiger partial charge on any atom is 0.225 e. The van der Waals surface area contributed by atoms with Gasteiger partial charge in [0.2, 0.25) is 5.95 Å². The van der Waals surface area contributed by atoms with E-state index in [-0.39, 0.29) is 0 Å². The zero-order chi connectivity index (χ0) is 15.9. The van der Waals surface area contributed by atoms with Crippen LogP contribution in [0.15, 0.2) is 36.9 Å². The Morgan fingerprint density at radius 1 is 1.14 bits per heavy atom. The van der Waals surface area contributed by atoms with E-state index < -0.39 is 0 Å². The van der Waals surface area contributed by atoms with Gasteiger partial charge >= 0.3 is 0 Å². The molecule has 0 amide bonds. The van der Waals surface area contributed by atoms with Gasteiger partial charge in [-0.3, -0.25) is 0 Å². The number of methoxy groups -OCH3 is 2. The summed E-state index contributed by atoms with van der Waals surface area (Å²) in [6.07, 6.45) is 1.76. The molecule has 2 aromatic rings. The smallest absolute Gasteiger partial charge is 0.225 e. The molecular weight excluding hydrogens is 280 g/mol. The van der Waals surface area contributed by atoms with Gasteiger partial charge in [-0.15, -0.1) is 6.58 Å². The fraction of sp³-hybridized carbons (Fsp3) is 0.250. The van der Waals surface area contributed by atoms with E-state index in [0.29, 0.717) is 29.8 Å². The van der Waals surface area contributed by atoms with Gasteiger partial charge in [-0.2, -0.15) is 4.98 Å². The van der Waals surface area contributed by atoms with Gasteiger partial charge in [0.1, 0.15) is 5.82 Å². The standard InChI is InChI=1S/C16H20N4O2/c1-5-8-17-16-18-11(2)9-15(20-16)19-12-6-7-13(21-3)14(10-12)22-4/h5-7,9-10H,1,8H2,2-4H3,(H2,17,18,19,20). The minimum absolute atomic E-state index is 0.558. The molecule has 2 N–H and O–H groups in total. The third kappa shape index (κ3) is 3.88. The van der Waals surface area contributed by atoms with Gasteiger partial charge in [0.15, 0.2) is 11.5 Å². The highest BCUT2D eigenvalue weighted by atomic mass is 16.5. The fourth-order valence-corrected chi connectivity index (χ4v) is 1.94. The van der Waals surface area contributed by atoms with Crippen molar-refractivity contribution in [3.8, 4) is 11.5 Å². The number of benzene rings is 1. The summed E-state index contributed by atoms with van der Waals surface area (Å²) >= 11 is 0. The number of aryl methyl sites for hydroxylation is 1. The molecule has 0 spiro atoms. The normalized spacial score (nSPS) is 9.95. The Morgan fingerprint density at radius 2 is 1.91 bits per heavy atom. The summed E-state index contributed by atoms with van der Waals surface area (Å²) < 4.78 is 10.5. The summed E-state index contributed by atoms with van der Waals surface area (Å²) in [4.78, 5) is 8.73. The molecule has 0 aliphatic carbocycles. The molecule has 6 nitrogen and oxygen atoms in total. The van der Waals surface area contributed by atoms with Crippen LogP contribution >= 0.6 is 0 Å². The van der Waals surface area contributed by atoms with E-state index in [1.54, 1.807) is 20.3 Å². The van der Waals surface area contributed by atoms with Crippen molar-refractivity contribution in [2.24, 2.45) is 0 Å². The van der Waals surface area contributed by atoms with Crippen LogP contribution in [0.1, 0.15) is 5.69 Å². The number of hydrogen-bond donors (Lipinski definition) is 2. The summed E-state index contributed by atoms with van der Waals surface area (Å²) in [5, 5.41) is 6.31. The summed E-state index contributed by atoms with van der Waals surface area (Å²) in [5.41, 5.74) is 1.72. The van der Waals surface area contributed by atoms with E-state index in [0.717, 1.165) is 11.4 Å². The number of nitrogens with one attached hydrogen (secondary N) is 2. The summed E-state index contributed by atoms with van der Waals surface area (Å²) in [5.74, 6) is 2.60. The van der Waals surface area contributed by atoms with Gasteiger partial charge < -0.3 is 20.1 Å². The van der Waals surface area contributed by atoms with Gasteiger partial charge in [-0.1, -0.05) is 6.08 Å². The Hall–Kier alpha value is -2.76. The van der Waals surface area contributed by atoms with Crippen molar-refractivity contribution in [3.63, 3.8) is 0 Å². The second-order valence-corrected chi connectivity index (χ2v) is 4.58. The highest BCUT2D eigenvalue weighted by Gasteiger charge is 2.06. The molecule has 0 aliphatic rings. The summed E-state index contributed by atoms with van der Waals surface area (Å²) in [6.45, 7) is 6.19. The molecule has 1 aromatic heterocycles. The molecule has 2 rings (SSSR count). The molecule has 0 aliphatic heterocycles. The lowest BCUT2D eigenvalue weighted by Gasteiger charge is -2.12. The third-order valence-corrected chi connectivity index (χ3v) is 2.91. The van der Waals surface area contributed by atoms with E-state index in [1.807, 2.05) is 31.2 Å². The van der Waals surface area contributed by atoms with Crippen LogP contribution in [0.4, 0.5) is 17.5 Å². The number of nitrogens with zero attached hydrogens (tertiary/aromatic N) is 2. The van der Waals surface area contributed by atoms with E-state index in [2.05, 4.69) is 27.2 Å². The van der Waals surface area contributed by atoms with Crippen LogP contribution in [0.3, 0.4) is 0 Å². The van der Waals surface area contributed by atoms with E-state index >= 15 is 0 Å². The number of hydrogen-bond acceptors (Lipinski definition) is 6. The van der Waals surface area contributed by atoms with Gasteiger partial charge in [-0.25, -0.2) is 4.98 Å². The molecule has 1 heterocycles. The molecule has 22 heavy (non-hydrogen) atoms. The topological polar surface area (TPSA) is 68.3 Å². The minimum Gasteiger partial charge on any atom is -0.493 e. The molecule has 0 saturated heterocycles. The van der Waals surface area contributed by atoms with E-state index in [4.69, 9.17) is 9.47 Å². The second kappa shape index (κ2) is 7.31. The van der Waals surface area contributed by atoms with Crippen LogP contribution in [0.25, 0.3) is 0 Å². The fourth-order valence-electron chi connectivity index (χ4n) is 1.94. The quantitative estimate of drug-likeness (QED) is 0.766. The van der Waals surface area contributed by atoms with Crippen LogP contribution < -0.4 is 20.1 Å². The Bertz CT molecular complexity index is 659. The van der Waals surface area contributed by atoms with Crippen molar-refractivity contribution in [1.29, 1.82) is 0 Å². The molecule has 0 atom stereocenters. The van der Waals surface area contributed by atoms with E-state index in [9.17, 15) is 0 Å². The molecule has 6 heteroatoms. The SMILES string of the molecule is C=CCNc1nc(C)cc(Nc2ccc(OC)c(OC)c2)n1. The predicted octanol–water partition coefficient (Wildman–Crippen LogP) is 3.14. The molecule has 0 bridgehead atoms. The Balaban J connectivity index is 2.22. The third-order valence-electron chi connectivity index (χ3n) is 2.91. The van der Waals surface area contributed by atoms with Crippen molar-refractivity contribution < 1.29 is 9.47 Å². The molecular formula is C16H20N4O2. The Kier molecular flexibility index (Phi) is 5.19. The Labute approximate surface area is 130 Å². The van der Waals surface area contributed by atoms with Crippen LogP contribution in [0.2, 0.25) is 0 Å². The van der Waals surface area contributed by atoms with Crippen LogP contribution in [0.5, 0.6) is 11.5 Å². The lowest BCUT2D eigenvalue weighted by atomic mass is 10.2. The monoisotopic (exact) mass is 300 g/mol. The van der Waals surface area contributed by atoms with Crippen molar-refractivity contribution in [3.05, 3.63) is 42.6 Å². The Morgan fingerprint density at radius 3 is 2.59 bits per heavy atom. The highest BCUT2D eigenvalue weighted by Crippen LogP contribution is 2.30. The molecule has 0 saturated carbocycles. The predicted molar refractivity (Wildman–Crippen MR) is 88.3 cm³/mol. The largest absolute Gasteiger partial charge is 0.493 e. The average Bonchev–Trinajstić information content (AvgIpc) is 2.52. The zero-order valence-corrected chi connectivity index (χ0v) is 13.0. The number of rotatable bonds is 7.